The molecule has 2 aromatic rings. The summed E-state index contributed by atoms with van der Waals surface area (Å²) in [6, 6.07) is 10.1. The van der Waals surface area contributed by atoms with Crippen LogP contribution in [0.5, 0.6) is 0 Å². The first kappa shape index (κ1) is 15.7. The van der Waals surface area contributed by atoms with Gasteiger partial charge in [0.15, 0.2) is 0 Å². The van der Waals surface area contributed by atoms with Crippen molar-refractivity contribution in [1.29, 1.82) is 0 Å². The number of benzene rings is 1. The predicted molar refractivity (Wildman–Crippen MR) is 86.6 cm³/mol. The van der Waals surface area contributed by atoms with Crippen LogP contribution in [0, 0.1) is 0 Å². The predicted octanol–water partition coefficient (Wildman–Crippen LogP) is 3.68. The number of rotatable bonds is 7. The second-order valence-electron chi connectivity index (χ2n) is 5.22. The van der Waals surface area contributed by atoms with Gasteiger partial charge in [-0.15, -0.1) is 11.8 Å². The van der Waals surface area contributed by atoms with Crippen LogP contribution in [0.3, 0.4) is 0 Å². The second-order valence-corrected chi connectivity index (χ2v) is 6.87. The molecule has 4 heteroatoms. The first-order chi connectivity index (χ1) is 10.1. The Morgan fingerprint density at radius 2 is 1.95 bits per heavy atom. The summed E-state index contributed by atoms with van der Waals surface area (Å²) in [4.78, 5) is 13.1. The molecule has 2 rings (SSSR count). The van der Waals surface area contributed by atoms with Crippen molar-refractivity contribution in [2.75, 3.05) is 6.54 Å². The average molecular weight is 303 g/mol. The first-order valence-corrected chi connectivity index (χ1v) is 8.05. The number of hydrogen-bond donors (Lipinski definition) is 1. The SMILES string of the molecule is CC(C)Sc1ccc(CC(=O)NCCc2ccoc2)cc1. The summed E-state index contributed by atoms with van der Waals surface area (Å²) in [6.45, 7) is 4.98. The summed E-state index contributed by atoms with van der Waals surface area (Å²) in [6.07, 6.45) is 4.58. The van der Waals surface area contributed by atoms with E-state index in [0.29, 0.717) is 18.2 Å². The molecule has 1 aromatic carbocycles. The van der Waals surface area contributed by atoms with Crippen LogP contribution in [-0.2, 0) is 17.6 Å². The number of nitrogens with one attached hydrogen (secondary N) is 1. The molecule has 0 spiro atoms. The van der Waals surface area contributed by atoms with Crippen molar-refractivity contribution in [2.24, 2.45) is 0 Å². The quantitative estimate of drug-likeness (QED) is 0.793. The van der Waals surface area contributed by atoms with Gasteiger partial charge in [0, 0.05) is 16.7 Å². The van der Waals surface area contributed by atoms with Crippen molar-refractivity contribution in [3.63, 3.8) is 0 Å². The maximum absolute atomic E-state index is 11.9. The van der Waals surface area contributed by atoms with Crippen molar-refractivity contribution in [1.82, 2.24) is 5.32 Å². The summed E-state index contributed by atoms with van der Waals surface area (Å²) in [7, 11) is 0. The molecular formula is C17H21NO2S. The molecule has 21 heavy (non-hydrogen) atoms. The van der Waals surface area contributed by atoms with Crippen LogP contribution in [-0.4, -0.2) is 17.7 Å². The summed E-state index contributed by atoms with van der Waals surface area (Å²) in [5.41, 5.74) is 2.15. The zero-order valence-corrected chi connectivity index (χ0v) is 13.3. The van der Waals surface area contributed by atoms with Gasteiger partial charge in [0.05, 0.1) is 18.9 Å². The van der Waals surface area contributed by atoms with E-state index in [-0.39, 0.29) is 5.91 Å². The number of carbonyl (C=O) groups excluding carboxylic acids is 1. The Kier molecular flexibility index (Phi) is 5.93. The van der Waals surface area contributed by atoms with Crippen molar-refractivity contribution in [2.45, 2.75) is 36.8 Å². The van der Waals surface area contributed by atoms with E-state index in [9.17, 15) is 4.79 Å². The van der Waals surface area contributed by atoms with E-state index in [2.05, 4.69) is 31.3 Å². The van der Waals surface area contributed by atoms with Gasteiger partial charge in [-0.1, -0.05) is 26.0 Å². The highest BCUT2D eigenvalue weighted by Gasteiger charge is 2.04. The van der Waals surface area contributed by atoms with Crippen LogP contribution in [0.1, 0.15) is 25.0 Å². The molecule has 0 saturated carbocycles. The lowest BCUT2D eigenvalue weighted by Crippen LogP contribution is -2.27. The smallest absolute Gasteiger partial charge is 0.224 e. The van der Waals surface area contributed by atoms with Crippen molar-refractivity contribution in [3.8, 4) is 0 Å². The van der Waals surface area contributed by atoms with Gasteiger partial charge in [0.2, 0.25) is 5.91 Å². The van der Waals surface area contributed by atoms with Gasteiger partial charge in [-0.3, -0.25) is 4.79 Å². The fraction of sp³-hybridized carbons (Fsp3) is 0.353. The molecule has 1 heterocycles. The van der Waals surface area contributed by atoms with E-state index >= 15 is 0 Å². The van der Waals surface area contributed by atoms with Crippen LogP contribution < -0.4 is 5.32 Å². The summed E-state index contributed by atoms with van der Waals surface area (Å²) >= 11 is 1.83. The average Bonchev–Trinajstić information content (AvgIpc) is 2.93. The van der Waals surface area contributed by atoms with E-state index < -0.39 is 0 Å². The molecule has 0 saturated heterocycles. The highest BCUT2D eigenvalue weighted by molar-refractivity contribution is 7.99. The van der Waals surface area contributed by atoms with Crippen molar-refractivity contribution < 1.29 is 9.21 Å². The van der Waals surface area contributed by atoms with Crippen LogP contribution in [0.4, 0.5) is 0 Å². The monoisotopic (exact) mass is 303 g/mol. The Balaban J connectivity index is 1.74. The highest BCUT2D eigenvalue weighted by Crippen LogP contribution is 2.22. The molecule has 1 amide bonds. The molecular weight excluding hydrogens is 282 g/mol. The minimum atomic E-state index is 0.0581. The lowest BCUT2D eigenvalue weighted by molar-refractivity contribution is -0.120. The third-order valence-electron chi connectivity index (χ3n) is 2.98. The van der Waals surface area contributed by atoms with Crippen LogP contribution in [0.2, 0.25) is 0 Å². The maximum atomic E-state index is 11.9. The van der Waals surface area contributed by atoms with Crippen LogP contribution in [0.15, 0.2) is 52.2 Å². The zero-order chi connectivity index (χ0) is 15.1. The van der Waals surface area contributed by atoms with E-state index in [1.54, 1.807) is 12.5 Å². The zero-order valence-electron chi connectivity index (χ0n) is 12.5. The Hall–Kier alpha value is -1.68. The normalized spacial score (nSPS) is 10.8. The van der Waals surface area contributed by atoms with Crippen LogP contribution in [0.25, 0.3) is 0 Å². The van der Waals surface area contributed by atoms with Gasteiger partial charge >= 0.3 is 0 Å². The van der Waals surface area contributed by atoms with E-state index in [4.69, 9.17) is 4.42 Å². The van der Waals surface area contributed by atoms with Gasteiger partial charge in [-0.25, -0.2) is 0 Å². The van der Waals surface area contributed by atoms with Gasteiger partial charge in [-0.2, -0.15) is 0 Å². The maximum Gasteiger partial charge on any atom is 0.224 e. The molecule has 0 aliphatic heterocycles. The molecule has 0 fully saturated rings. The second kappa shape index (κ2) is 7.93. The number of furan rings is 1. The molecule has 0 bridgehead atoms. The minimum absolute atomic E-state index is 0.0581. The molecule has 3 nitrogen and oxygen atoms in total. The third-order valence-corrected chi connectivity index (χ3v) is 3.99. The molecule has 1 N–H and O–H groups in total. The van der Waals surface area contributed by atoms with Crippen molar-refractivity contribution >= 4 is 17.7 Å². The minimum Gasteiger partial charge on any atom is -0.472 e. The lowest BCUT2D eigenvalue weighted by Gasteiger charge is -2.07. The largest absolute Gasteiger partial charge is 0.472 e. The van der Waals surface area contributed by atoms with E-state index in [1.807, 2.05) is 30.0 Å². The molecule has 0 radical (unpaired) electrons. The third kappa shape index (κ3) is 5.68. The van der Waals surface area contributed by atoms with Crippen molar-refractivity contribution in [3.05, 3.63) is 54.0 Å². The summed E-state index contributed by atoms with van der Waals surface area (Å²) < 4.78 is 4.99. The van der Waals surface area contributed by atoms with Gasteiger partial charge in [0.1, 0.15) is 0 Å². The van der Waals surface area contributed by atoms with Crippen LogP contribution >= 0.6 is 11.8 Å². The number of thioether (sulfide) groups is 1. The Bertz CT molecular complexity index is 547. The molecule has 0 aliphatic carbocycles. The van der Waals surface area contributed by atoms with Gasteiger partial charge in [0.25, 0.3) is 0 Å². The topological polar surface area (TPSA) is 42.2 Å². The van der Waals surface area contributed by atoms with Gasteiger partial charge < -0.3 is 9.73 Å². The fourth-order valence-corrected chi connectivity index (χ4v) is 2.82. The number of amides is 1. The molecule has 0 unspecified atom stereocenters. The Morgan fingerprint density at radius 1 is 1.19 bits per heavy atom. The van der Waals surface area contributed by atoms with E-state index in [1.165, 1.54) is 4.90 Å². The Labute approximate surface area is 130 Å². The molecule has 0 aliphatic rings. The summed E-state index contributed by atoms with van der Waals surface area (Å²) in [5, 5.41) is 3.50. The standard InChI is InChI=1S/C17H21NO2S/c1-13(2)21-16-5-3-14(4-6-16)11-17(19)18-9-7-15-8-10-20-12-15/h3-6,8,10,12-13H,7,9,11H2,1-2H3,(H,18,19). The first-order valence-electron chi connectivity index (χ1n) is 7.17. The summed E-state index contributed by atoms with van der Waals surface area (Å²) in [5.74, 6) is 0.0581. The molecule has 112 valence electrons. The Morgan fingerprint density at radius 3 is 2.57 bits per heavy atom. The molecule has 1 aromatic heterocycles. The lowest BCUT2D eigenvalue weighted by atomic mass is 10.1. The molecule has 0 atom stereocenters. The van der Waals surface area contributed by atoms with Gasteiger partial charge in [-0.05, 0) is 35.7 Å². The number of carbonyl (C=O) groups is 1. The highest BCUT2D eigenvalue weighted by atomic mass is 32.2. The van der Waals surface area contributed by atoms with E-state index in [0.717, 1.165) is 17.5 Å². The fourth-order valence-electron chi connectivity index (χ4n) is 1.99. The number of hydrogen-bond acceptors (Lipinski definition) is 3.